The van der Waals surface area contributed by atoms with Crippen LogP contribution in [0, 0.1) is 0 Å². The summed E-state index contributed by atoms with van der Waals surface area (Å²) in [7, 11) is 1.61. The fourth-order valence-electron chi connectivity index (χ4n) is 3.37. The third-order valence-electron chi connectivity index (χ3n) is 5.14. The quantitative estimate of drug-likeness (QED) is 0.470. The van der Waals surface area contributed by atoms with E-state index in [1.165, 1.54) is 27.8 Å². The maximum absolute atomic E-state index is 13.1. The second-order valence-corrected chi connectivity index (χ2v) is 8.42. The summed E-state index contributed by atoms with van der Waals surface area (Å²) < 4.78 is 6.55. The molecule has 6 nitrogen and oxygen atoms in total. The summed E-state index contributed by atoms with van der Waals surface area (Å²) in [5, 5.41) is 5.29. The second-order valence-electron chi connectivity index (χ2n) is 7.56. The van der Waals surface area contributed by atoms with Crippen LogP contribution in [-0.4, -0.2) is 22.6 Å². The highest BCUT2D eigenvalue weighted by molar-refractivity contribution is 7.17. The average molecular weight is 434 g/mol. The number of fused-ring (bicyclic) bond motifs is 1. The first kappa shape index (κ1) is 20.8. The van der Waals surface area contributed by atoms with Gasteiger partial charge in [-0.05, 0) is 41.3 Å². The number of ether oxygens (including phenoxy) is 1. The van der Waals surface area contributed by atoms with E-state index in [9.17, 15) is 9.59 Å². The van der Waals surface area contributed by atoms with Gasteiger partial charge < -0.3 is 10.1 Å². The Bertz CT molecular complexity index is 1270. The maximum Gasteiger partial charge on any atom is 0.263 e. The Morgan fingerprint density at radius 3 is 2.48 bits per heavy atom. The molecule has 0 bridgehead atoms. The molecule has 0 spiro atoms. The van der Waals surface area contributed by atoms with Crippen molar-refractivity contribution in [2.45, 2.75) is 26.3 Å². The van der Waals surface area contributed by atoms with E-state index in [1.807, 2.05) is 53.9 Å². The molecule has 2 aromatic carbocycles. The van der Waals surface area contributed by atoms with Crippen LogP contribution in [0.2, 0.25) is 0 Å². The number of anilines is 1. The van der Waals surface area contributed by atoms with Crippen LogP contribution in [0.5, 0.6) is 5.75 Å². The summed E-state index contributed by atoms with van der Waals surface area (Å²) in [4.78, 5) is 30.7. The minimum Gasteiger partial charge on any atom is -0.497 e. The molecule has 1 N–H and O–H groups in total. The van der Waals surface area contributed by atoms with Gasteiger partial charge in [-0.15, -0.1) is 11.3 Å². The van der Waals surface area contributed by atoms with E-state index in [4.69, 9.17) is 4.74 Å². The van der Waals surface area contributed by atoms with Crippen LogP contribution < -0.4 is 15.6 Å². The summed E-state index contributed by atoms with van der Waals surface area (Å²) in [6, 6.07) is 15.3. The summed E-state index contributed by atoms with van der Waals surface area (Å²) in [6.07, 6.45) is 1.43. The first-order chi connectivity index (χ1) is 15.0. The lowest BCUT2D eigenvalue weighted by molar-refractivity contribution is -0.116. The lowest BCUT2D eigenvalue weighted by atomic mass is 10.0. The Balaban J connectivity index is 1.58. The van der Waals surface area contributed by atoms with Gasteiger partial charge in [-0.3, -0.25) is 14.2 Å². The lowest BCUT2D eigenvalue weighted by Gasteiger charge is -2.10. The number of methoxy groups -OCH3 is 1. The smallest absolute Gasteiger partial charge is 0.263 e. The number of rotatable bonds is 6. The fraction of sp³-hybridized carbons (Fsp3) is 0.208. The van der Waals surface area contributed by atoms with Crippen molar-refractivity contribution in [3.8, 4) is 16.9 Å². The number of carbonyl (C=O) groups excluding carboxylic acids is 1. The highest BCUT2D eigenvalue weighted by Gasteiger charge is 2.15. The number of thiophene rings is 1. The van der Waals surface area contributed by atoms with Crippen LogP contribution in [0.25, 0.3) is 21.3 Å². The van der Waals surface area contributed by atoms with Crippen molar-refractivity contribution in [2.75, 3.05) is 12.4 Å². The van der Waals surface area contributed by atoms with Crippen molar-refractivity contribution in [1.29, 1.82) is 0 Å². The molecule has 0 aliphatic heterocycles. The van der Waals surface area contributed by atoms with E-state index in [2.05, 4.69) is 24.1 Å². The standard InChI is InChI=1S/C24H23N3O3S/c1-15(2)16-4-8-18(9-5-16)26-21(28)12-27-14-25-23-22(24(27)29)20(13-31-23)17-6-10-19(30-3)11-7-17/h4-11,13-15H,12H2,1-3H3,(H,26,28). The zero-order valence-corrected chi connectivity index (χ0v) is 18.4. The Morgan fingerprint density at radius 2 is 1.84 bits per heavy atom. The van der Waals surface area contributed by atoms with Crippen molar-refractivity contribution in [1.82, 2.24) is 9.55 Å². The number of nitrogens with one attached hydrogen (secondary N) is 1. The minimum absolute atomic E-state index is 0.106. The van der Waals surface area contributed by atoms with Crippen molar-refractivity contribution in [2.24, 2.45) is 0 Å². The van der Waals surface area contributed by atoms with E-state index in [-0.39, 0.29) is 18.0 Å². The van der Waals surface area contributed by atoms with Crippen LogP contribution in [-0.2, 0) is 11.3 Å². The van der Waals surface area contributed by atoms with Gasteiger partial charge in [0.15, 0.2) is 0 Å². The predicted molar refractivity (Wildman–Crippen MR) is 125 cm³/mol. The highest BCUT2D eigenvalue weighted by atomic mass is 32.1. The number of amides is 1. The van der Waals surface area contributed by atoms with E-state index in [1.54, 1.807) is 7.11 Å². The third kappa shape index (κ3) is 4.36. The molecule has 4 rings (SSSR count). The van der Waals surface area contributed by atoms with E-state index in [0.717, 1.165) is 16.9 Å². The number of nitrogens with zero attached hydrogens (tertiary/aromatic N) is 2. The highest BCUT2D eigenvalue weighted by Crippen LogP contribution is 2.31. The number of hydrogen-bond donors (Lipinski definition) is 1. The largest absolute Gasteiger partial charge is 0.497 e. The van der Waals surface area contributed by atoms with Crippen molar-refractivity contribution in [3.05, 3.63) is 76.2 Å². The molecule has 31 heavy (non-hydrogen) atoms. The molecule has 0 atom stereocenters. The van der Waals surface area contributed by atoms with Crippen molar-refractivity contribution < 1.29 is 9.53 Å². The summed E-state index contributed by atoms with van der Waals surface area (Å²) >= 11 is 1.41. The second kappa shape index (κ2) is 8.73. The molecular formula is C24H23N3O3S. The van der Waals surface area contributed by atoms with Gasteiger partial charge in [-0.25, -0.2) is 4.98 Å². The molecule has 2 heterocycles. The molecule has 0 aliphatic rings. The van der Waals surface area contributed by atoms with E-state index >= 15 is 0 Å². The van der Waals surface area contributed by atoms with Gasteiger partial charge in [0.05, 0.1) is 18.8 Å². The number of benzene rings is 2. The van der Waals surface area contributed by atoms with E-state index in [0.29, 0.717) is 21.8 Å². The first-order valence-corrected chi connectivity index (χ1v) is 10.8. The van der Waals surface area contributed by atoms with Gasteiger partial charge in [-0.2, -0.15) is 0 Å². The Hall–Kier alpha value is -3.45. The molecule has 4 aromatic rings. The maximum atomic E-state index is 13.1. The number of aromatic nitrogens is 2. The van der Waals surface area contributed by atoms with Gasteiger partial charge in [0.2, 0.25) is 5.91 Å². The Kier molecular flexibility index (Phi) is 5.86. The Labute approximate surface area is 184 Å². The van der Waals surface area contributed by atoms with Crippen LogP contribution in [0.4, 0.5) is 5.69 Å². The SMILES string of the molecule is COc1ccc(-c2csc3ncn(CC(=O)Nc4ccc(C(C)C)cc4)c(=O)c23)cc1. The van der Waals surface area contributed by atoms with Gasteiger partial charge in [0.1, 0.15) is 17.1 Å². The molecule has 0 unspecified atom stereocenters. The minimum atomic E-state index is -0.276. The zero-order valence-electron chi connectivity index (χ0n) is 17.6. The Morgan fingerprint density at radius 1 is 1.13 bits per heavy atom. The number of carbonyl (C=O) groups is 1. The molecule has 0 saturated carbocycles. The molecule has 0 saturated heterocycles. The van der Waals surface area contributed by atoms with Crippen molar-refractivity contribution >= 4 is 33.1 Å². The van der Waals surface area contributed by atoms with Crippen LogP contribution in [0.15, 0.2) is 65.0 Å². The van der Waals surface area contributed by atoms with E-state index < -0.39 is 0 Å². The molecule has 1 amide bonds. The van der Waals surface area contributed by atoms with Gasteiger partial charge in [0, 0.05) is 16.6 Å². The monoisotopic (exact) mass is 433 g/mol. The van der Waals surface area contributed by atoms with Crippen molar-refractivity contribution in [3.63, 3.8) is 0 Å². The predicted octanol–water partition coefficient (Wildman–Crippen LogP) is 4.90. The van der Waals surface area contributed by atoms with Gasteiger partial charge >= 0.3 is 0 Å². The van der Waals surface area contributed by atoms with Crippen LogP contribution in [0.1, 0.15) is 25.3 Å². The molecule has 7 heteroatoms. The average Bonchev–Trinajstić information content (AvgIpc) is 3.21. The third-order valence-corrected chi connectivity index (χ3v) is 6.02. The van der Waals surface area contributed by atoms with Gasteiger partial charge in [-0.1, -0.05) is 38.1 Å². The lowest BCUT2D eigenvalue weighted by Crippen LogP contribution is -2.27. The molecule has 0 radical (unpaired) electrons. The normalized spacial score (nSPS) is 11.1. The summed E-state index contributed by atoms with van der Waals surface area (Å²) in [5.74, 6) is 0.894. The topological polar surface area (TPSA) is 73.2 Å². The van der Waals surface area contributed by atoms with Crippen LogP contribution >= 0.6 is 11.3 Å². The zero-order chi connectivity index (χ0) is 22.0. The molecule has 158 valence electrons. The van der Waals surface area contributed by atoms with Crippen LogP contribution in [0.3, 0.4) is 0 Å². The summed E-state index contributed by atoms with van der Waals surface area (Å²) in [5.41, 5.74) is 3.37. The fourth-order valence-corrected chi connectivity index (χ4v) is 4.28. The summed E-state index contributed by atoms with van der Waals surface area (Å²) in [6.45, 7) is 4.13. The molecule has 0 fully saturated rings. The number of hydrogen-bond acceptors (Lipinski definition) is 5. The van der Waals surface area contributed by atoms with Gasteiger partial charge in [0.25, 0.3) is 5.56 Å². The molecule has 2 aromatic heterocycles. The first-order valence-electron chi connectivity index (χ1n) is 9.97. The molecular weight excluding hydrogens is 410 g/mol. The molecule has 0 aliphatic carbocycles.